The molecule has 0 spiro atoms. The summed E-state index contributed by atoms with van der Waals surface area (Å²) in [6, 6.07) is 0. The third-order valence-electron chi connectivity index (χ3n) is 4.49. The summed E-state index contributed by atoms with van der Waals surface area (Å²) in [5.41, 5.74) is 5.16. The number of nitrogens with one attached hydrogen (secondary N) is 2. The molecule has 0 saturated carbocycles. The van der Waals surface area contributed by atoms with Crippen molar-refractivity contribution in [2.24, 2.45) is 11.1 Å². The molecule has 0 aromatic carbocycles. The van der Waals surface area contributed by atoms with Gasteiger partial charge in [-0.2, -0.15) is 0 Å². The van der Waals surface area contributed by atoms with Gasteiger partial charge in [0, 0.05) is 32.7 Å². The third-order valence-corrected chi connectivity index (χ3v) is 4.49. The van der Waals surface area contributed by atoms with E-state index in [1.165, 1.54) is 0 Å². The second-order valence-electron chi connectivity index (χ2n) is 5.68. The number of ether oxygens (including phenoxy) is 1. The van der Waals surface area contributed by atoms with E-state index >= 15 is 0 Å². The van der Waals surface area contributed by atoms with Crippen molar-refractivity contribution in [3.63, 3.8) is 0 Å². The van der Waals surface area contributed by atoms with Gasteiger partial charge in [-0.1, -0.05) is 13.8 Å². The summed E-state index contributed by atoms with van der Waals surface area (Å²) in [6.45, 7) is 8.87. The van der Waals surface area contributed by atoms with Crippen LogP contribution in [0, 0.1) is 5.41 Å². The van der Waals surface area contributed by atoms with E-state index in [1.54, 1.807) is 0 Å². The van der Waals surface area contributed by atoms with Crippen LogP contribution in [0.2, 0.25) is 0 Å². The zero-order valence-corrected chi connectivity index (χ0v) is 13.8. The average Bonchev–Trinajstić information content (AvgIpc) is 2.56. The first-order valence-corrected chi connectivity index (χ1v) is 8.13. The number of morpholine rings is 1. The van der Waals surface area contributed by atoms with Crippen molar-refractivity contribution in [1.29, 1.82) is 0 Å². The normalized spacial score (nSPS) is 16.3. The summed E-state index contributed by atoms with van der Waals surface area (Å²) < 4.78 is 5.27. The van der Waals surface area contributed by atoms with Crippen molar-refractivity contribution in [3.05, 3.63) is 0 Å². The van der Waals surface area contributed by atoms with Crippen molar-refractivity contribution in [3.8, 4) is 0 Å². The molecular weight excluding hydrogens is 284 g/mol. The maximum absolute atomic E-state index is 12.2. The molecule has 1 rings (SSSR count). The van der Waals surface area contributed by atoms with Gasteiger partial charge in [0.15, 0.2) is 0 Å². The molecule has 4 N–H and O–H groups in total. The number of amides is 2. The number of nitrogens with zero attached hydrogens (tertiary/aromatic N) is 1. The highest BCUT2D eigenvalue weighted by atomic mass is 16.5. The smallest absolute Gasteiger partial charge is 0.239 e. The zero-order chi connectivity index (χ0) is 16.4. The molecule has 2 amide bonds. The predicted octanol–water partition coefficient (Wildman–Crippen LogP) is -0.684. The number of hydrogen-bond acceptors (Lipinski definition) is 5. The van der Waals surface area contributed by atoms with Crippen LogP contribution in [0.3, 0.4) is 0 Å². The Morgan fingerprint density at radius 1 is 1.18 bits per heavy atom. The lowest BCUT2D eigenvalue weighted by Gasteiger charge is -2.28. The molecule has 0 unspecified atom stereocenters. The Labute approximate surface area is 132 Å². The Morgan fingerprint density at radius 2 is 1.82 bits per heavy atom. The van der Waals surface area contributed by atoms with Crippen molar-refractivity contribution >= 4 is 11.8 Å². The lowest BCUT2D eigenvalue weighted by Crippen LogP contribution is -2.49. The van der Waals surface area contributed by atoms with Crippen molar-refractivity contribution < 1.29 is 14.3 Å². The van der Waals surface area contributed by atoms with E-state index < -0.39 is 5.41 Å². The minimum absolute atomic E-state index is 0.00367. The summed E-state index contributed by atoms with van der Waals surface area (Å²) >= 11 is 0. The van der Waals surface area contributed by atoms with E-state index in [0.29, 0.717) is 25.9 Å². The first-order chi connectivity index (χ1) is 10.6. The van der Waals surface area contributed by atoms with Gasteiger partial charge in [0.25, 0.3) is 0 Å². The number of carbonyl (C=O) groups is 2. The van der Waals surface area contributed by atoms with Crippen molar-refractivity contribution in [1.82, 2.24) is 15.5 Å². The maximum Gasteiger partial charge on any atom is 0.239 e. The molecule has 1 fully saturated rings. The lowest BCUT2D eigenvalue weighted by molar-refractivity contribution is -0.133. The van der Waals surface area contributed by atoms with Gasteiger partial charge < -0.3 is 21.1 Å². The molecule has 0 atom stereocenters. The van der Waals surface area contributed by atoms with Crippen LogP contribution in [-0.4, -0.2) is 69.2 Å². The van der Waals surface area contributed by atoms with Crippen LogP contribution in [0.4, 0.5) is 0 Å². The topological polar surface area (TPSA) is 96.7 Å². The molecular formula is C15H30N4O3. The fourth-order valence-electron chi connectivity index (χ4n) is 2.54. The molecule has 1 aliphatic rings. The van der Waals surface area contributed by atoms with Crippen LogP contribution in [0.25, 0.3) is 0 Å². The van der Waals surface area contributed by atoms with Crippen LogP contribution in [0.1, 0.15) is 26.7 Å². The molecule has 128 valence electrons. The molecule has 0 aliphatic carbocycles. The van der Waals surface area contributed by atoms with Crippen LogP contribution < -0.4 is 16.4 Å². The molecule has 0 radical (unpaired) electrons. The first-order valence-electron chi connectivity index (χ1n) is 8.13. The fourth-order valence-corrected chi connectivity index (χ4v) is 2.54. The van der Waals surface area contributed by atoms with Gasteiger partial charge in [-0.3, -0.25) is 14.5 Å². The second kappa shape index (κ2) is 9.76. The molecule has 7 nitrogen and oxygen atoms in total. The number of hydrogen-bond donors (Lipinski definition) is 3. The highest BCUT2D eigenvalue weighted by Gasteiger charge is 2.33. The number of nitrogens with two attached hydrogens (primary N) is 1. The Morgan fingerprint density at radius 3 is 2.36 bits per heavy atom. The Kier molecular flexibility index (Phi) is 8.37. The summed E-state index contributed by atoms with van der Waals surface area (Å²) in [5.74, 6) is -0.303. The Hall–Kier alpha value is -1.18. The van der Waals surface area contributed by atoms with Gasteiger partial charge in [0.2, 0.25) is 11.8 Å². The zero-order valence-electron chi connectivity index (χ0n) is 13.8. The van der Waals surface area contributed by atoms with Gasteiger partial charge >= 0.3 is 0 Å². The van der Waals surface area contributed by atoms with Gasteiger partial charge in [-0.05, 0) is 12.8 Å². The molecule has 0 bridgehead atoms. The van der Waals surface area contributed by atoms with Crippen LogP contribution >= 0.6 is 0 Å². The Balaban J connectivity index is 2.23. The molecule has 0 aromatic rings. The van der Waals surface area contributed by atoms with Crippen LogP contribution in [0.15, 0.2) is 0 Å². The first kappa shape index (κ1) is 18.9. The third kappa shape index (κ3) is 5.55. The molecule has 1 aliphatic heterocycles. The van der Waals surface area contributed by atoms with E-state index in [1.807, 2.05) is 13.8 Å². The van der Waals surface area contributed by atoms with E-state index in [2.05, 4.69) is 15.5 Å². The summed E-state index contributed by atoms with van der Waals surface area (Å²) in [4.78, 5) is 26.2. The van der Waals surface area contributed by atoms with Gasteiger partial charge in [0.05, 0.1) is 25.2 Å². The maximum atomic E-state index is 12.2. The van der Waals surface area contributed by atoms with Crippen LogP contribution in [-0.2, 0) is 14.3 Å². The SMILES string of the molecule is CCC(CC)(CN)C(=O)NCC(=O)NCCN1CCOCC1. The Bertz CT molecular complexity index is 344. The number of carbonyl (C=O) groups excluding carboxylic acids is 2. The minimum Gasteiger partial charge on any atom is -0.379 e. The molecule has 1 saturated heterocycles. The highest BCUT2D eigenvalue weighted by molar-refractivity contribution is 5.88. The number of rotatable bonds is 9. The molecule has 22 heavy (non-hydrogen) atoms. The summed E-state index contributed by atoms with van der Waals surface area (Å²) in [7, 11) is 0. The minimum atomic E-state index is -0.561. The molecule has 7 heteroatoms. The van der Waals surface area contributed by atoms with E-state index in [0.717, 1.165) is 32.8 Å². The predicted molar refractivity (Wildman–Crippen MR) is 85.3 cm³/mol. The molecule has 0 aromatic heterocycles. The standard InChI is InChI=1S/C15H30N4O3/c1-3-15(4-2,12-16)14(21)18-11-13(20)17-5-6-19-7-9-22-10-8-19/h3-12,16H2,1-2H3,(H,17,20)(H,18,21). The van der Waals surface area contributed by atoms with E-state index in [-0.39, 0.29) is 18.4 Å². The van der Waals surface area contributed by atoms with Crippen LogP contribution in [0.5, 0.6) is 0 Å². The molecule has 1 heterocycles. The fraction of sp³-hybridized carbons (Fsp3) is 0.867. The average molecular weight is 314 g/mol. The van der Waals surface area contributed by atoms with Gasteiger partial charge in [-0.15, -0.1) is 0 Å². The van der Waals surface area contributed by atoms with E-state index in [9.17, 15) is 9.59 Å². The second-order valence-corrected chi connectivity index (χ2v) is 5.68. The van der Waals surface area contributed by atoms with Gasteiger partial charge in [0.1, 0.15) is 0 Å². The van der Waals surface area contributed by atoms with Gasteiger partial charge in [-0.25, -0.2) is 0 Å². The van der Waals surface area contributed by atoms with Crippen molar-refractivity contribution in [2.75, 3.05) is 52.5 Å². The summed E-state index contributed by atoms with van der Waals surface area (Å²) in [5, 5.41) is 5.52. The largest absolute Gasteiger partial charge is 0.379 e. The van der Waals surface area contributed by atoms with Crippen molar-refractivity contribution in [2.45, 2.75) is 26.7 Å². The highest BCUT2D eigenvalue weighted by Crippen LogP contribution is 2.24. The lowest BCUT2D eigenvalue weighted by atomic mass is 9.81. The quantitative estimate of drug-likeness (QED) is 0.524. The summed E-state index contributed by atoms with van der Waals surface area (Å²) in [6.07, 6.45) is 1.34. The monoisotopic (exact) mass is 314 g/mol. The van der Waals surface area contributed by atoms with E-state index in [4.69, 9.17) is 10.5 Å².